The summed E-state index contributed by atoms with van der Waals surface area (Å²) in [6.45, 7) is 0.726. The Hall–Kier alpha value is -1.68. The van der Waals surface area contributed by atoms with Gasteiger partial charge in [0, 0.05) is 42.1 Å². The molecule has 4 heteroatoms. The van der Waals surface area contributed by atoms with Crippen LogP contribution >= 0.6 is 15.9 Å². The van der Waals surface area contributed by atoms with Gasteiger partial charge in [-0.2, -0.15) is 0 Å². The first-order valence-corrected chi connectivity index (χ1v) is 7.23. The third-order valence-electron chi connectivity index (χ3n) is 3.11. The Labute approximate surface area is 128 Å². The lowest BCUT2D eigenvalue weighted by Gasteiger charge is -2.14. The number of ether oxygens (including phenoxy) is 1. The van der Waals surface area contributed by atoms with Crippen molar-refractivity contribution in [2.45, 2.75) is 6.54 Å². The predicted octanol–water partition coefficient (Wildman–Crippen LogP) is 4.14. The van der Waals surface area contributed by atoms with Crippen molar-refractivity contribution in [3.8, 4) is 5.75 Å². The van der Waals surface area contributed by atoms with Crippen LogP contribution in [-0.4, -0.2) is 21.2 Å². The Morgan fingerprint density at radius 2 is 1.80 bits per heavy atom. The molecule has 2 rings (SSSR count). The minimum atomic E-state index is 0.726. The van der Waals surface area contributed by atoms with Gasteiger partial charge in [-0.05, 0) is 42.5 Å². The summed E-state index contributed by atoms with van der Waals surface area (Å²) in [7, 11) is 5.77. The third-order valence-corrected chi connectivity index (χ3v) is 3.60. The fraction of sp³-hybridized carbons (Fsp3) is 0.250. The second kappa shape index (κ2) is 6.66. The van der Waals surface area contributed by atoms with E-state index in [1.807, 2.05) is 26.2 Å². The van der Waals surface area contributed by atoms with Gasteiger partial charge in [0.25, 0.3) is 0 Å². The summed E-state index contributed by atoms with van der Waals surface area (Å²) in [6.07, 6.45) is 0. The molecular formula is C16H19BrN2O. The molecule has 0 aliphatic rings. The minimum absolute atomic E-state index is 0.726. The molecule has 0 unspecified atom stereocenters. The molecule has 0 bridgehead atoms. The number of hydrogen-bond donors (Lipinski definition) is 1. The van der Waals surface area contributed by atoms with Crippen molar-refractivity contribution in [3.63, 3.8) is 0 Å². The second-order valence-electron chi connectivity index (χ2n) is 4.75. The summed E-state index contributed by atoms with van der Waals surface area (Å²) >= 11 is 3.49. The highest BCUT2D eigenvalue weighted by atomic mass is 79.9. The summed E-state index contributed by atoms with van der Waals surface area (Å²) < 4.78 is 6.43. The van der Waals surface area contributed by atoms with Crippen LogP contribution < -0.4 is 15.0 Å². The molecule has 0 saturated heterocycles. The summed E-state index contributed by atoms with van der Waals surface area (Å²) in [4.78, 5) is 2.08. The fourth-order valence-electron chi connectivity index (χ4n) is 1.96. The van der Waals surface area contributed by atoms with Crippen molar-refractivity contribution in [3.05, 3.63) is 52.5 Å². The molecule has 1 N–H and O–H groups in total. The molecule has 0 aliphatic heterocycles. The largest absolute Gasteiger partial charge is 0.496 e. The predicted molar refractivity (Wildman–Crippen MR) is 88.8 cm³/mol. The Morgan fingerprint density at radius 1 is 1.10 bits per heavy atom. The SMILES string of the molecule is COc1ccc(Br)cc1CNc1ccc(N(C)C)cc1. The average molecular weight is 335 g/mol. The lowest BCUT2D eigenvalue weighted by atomic mass is 10.2. The van der Waals surface area contributed by atoms with E-state index in [-0.39, 0.29) is 0 Å². The van der Waals surface area contributed by atoms with Crippen LogP contribution in [0.4, 0.5) is 11.4 Å². The zero-order valence-electron chi connectivity index (χ0n) is 12.0. The van der Waals surface area contributed by atoms with E-state index in [1.54, 1.807) is 7.11 Å². The molecular weight excluding hydrogens is 316 g/mol. The molecule has 0 saturated carbocycles. The Balaban J connectivity index is 2.06. The van der Waals surface area contributed by atoms with Gasteiger partial charge in [0.15, 0.2) is 0 Å². The van der Waals surface area contributed by atoms with Gasteiger partial charge in [-0.1, -0.05) is 15.9 Å². The van der Waals surface area contributed by atoms with Gasteiger partial charge in [-0.25, -0.2) is 0 Å². The van der Waals surface area contributed by atoms with Crippen molar-refractivity contribution >= 4 is 27.3 Å². The number of anilines is 2. The summed E-state index contributed by atoms with van der Waals surface area (Å²) in [5.74, 6) is 0.894. The van der Waals surface area contributed by atoms with Crippen LogP contribution in [0.25, 0.3) is 0 Å². The average Bonchev–Trinajstić information content (AvgIpc) is 2.45. The molecule has 0 aromatic heterocycles. The lowest BCUT2D eigenvalue weighted by molar-refractivity contribution is 0.410. The maximum atomic E-state index is 5.37. The van der Waals surface area contributed by atoms with Crippen LogP contribution in [0.5, 0.6) is 5.75 Å². The highest BCUT2D eigenvalue weighted by molar-refractivity contribution is 9.10. The van der Waals surface area contributed by atoms with E-state index in [0.717, 1.165) is 28.0 Å². The molecule has 0 atom stereocenters. The molecule has 0 aliphatic carbocycles. The zero-order valence-corrected chi connectivity index (χ0v) is 13.6. The van der Waals surface area contributed by atoms with E-state index < -0.39 is 0 Å². The quantitative estimate of drug-likeness (QED) is 0.889. The van der Waals surface area contributed by atoms with Crippen LogP contribution in [0.3, 0.4) is 0 Å². The van der Waals surface area contributed by atoms with Gasteiger partial charge in [0.2, 0.25) is 0 Å². The lowest BCUT2D eigenvalue weighted by Crippen LogP contribution is -2.08. The van der Waals surface area contributed by atoms with Crippen LogP contribution in [0.1, 0.15) is 5.56 Å². The highest BCUT2D eigenvalue weighted by Crippen LogP contribution is 2.24. The van der Waals surface area contributed by atoms with Crippen molar-refractivity contribution in [2.75, 3.05) is 31.4 Å². The summed E-state index contributed by atoms with van der Waals surface area (Å²) in [5, 5.41) is 3.41. The molecule has 106 valence electrons. The van der Waals surface area contributed by atoms with Crippen molar-refractivity contribution in [1.82, 2.24) is 0 Å². The number of halogens is 1. The smallest absolute Gasteiger partial charge is 0.123 e. The van der Waals surface area contributed by atoms with E-state index in [0.29, 0.717) is 0 Å². The molecule has 0 radical (unpaired) electrons. The second-order valence-corrected chi connectivity index (χ2v) is 5.67. The Morgan fingerprint density at radius 3 is 2.40 bits per heavy atom. The summed E-state index contributed by atoms with van der Waals surface area (Å²) in [6, 6.07) is 14.4. The highest BCUT2D eigenvalue weighted by Gasteiger charge is 2.04. The zero-order chi connectivity index (χ0) is 14.5. The van der Waals surface area contributed by atoms with Gasteiger partial charge in [-0.3, -0.25) is 0 Å². The van der Waals surface area contributed by atoms with E-state index in [9.17, 15) is 0 Å². The maximum absolute atomic E-state index is 5.37. The van der Waals surface area contributed by atoms with Crippen LogP contribution in [0.2, 0.25) is 0 Å². The normalized spacial score (nSPS) is 10.2. The number of nitrogens with one attached hydrogen (secondary N) is 1. The standard InChI is InChI=1S/C16H19BrN2O/c1-19(2)15-7-5-14(6-8-15)18-11-12-10-13(17)4-9-16(12)20-3/h4-10,18H,11H2,1-3H3. The molecule has 0 amide bonds. The monoisotopic (exact) mass is 334 g/mol. The number of hydrogen-bond acceptors (Lipinski definition) is 3. The number of benzene rings is 2. The molecule has 0 heterocycles. The molecule has 20 heavy (non-hydrogen) atoms. The molecule has 2 aromatic carbocycles. The number of rotatable bonds is 5. The van der Waals surface area contributed by atoms with Crippen LogP contribution in [0.15, 0.2) is 46.9 Å². The maximum Gasteiger partial charge on any atom is 0.123 e. The fourth-order valence-corrected chi connectivity index (χ4v) is 2.37. The van der Waals surface area contributed by atoms with Gasteiger partial charge in [0.05, 0.1) is 7.11 Å². The number of methoxy groups -OCH3 is 1. The van der Waals surface area contributed by atoms with E-state index >= 15 is 0 Å². The van der Waals surface area contributed by atoms with Crippen LogP contribution in [0, 0.1) is 0 Å². The molecule has 2 aromatic rings. The third kappa shape index (κ3) is 3.67. The topological polar surface area (TPSA) is 24.5 Å². The van der Waals surface area contributed by atoms with E-state index in [1.165, 1.54) is 5.69 Å². The first-order valence-electron chi connectivity index (χ1n) is 6.44. The first-order chi connectivity index (χ1) is 9.60. The number of nitrogens with zero attached hydrogens (tertiary/aromatic N) is 1. The summed E-state index contributed by atoms with van der Waals surface area (Å²) in [5.41, 5.74) is 3.41. The van der Waals surface area contributed by atoms with Gasteiger partial charge < -0.3 is 15.0 Å². The van der Waals surface area contributed by atoms with E-state index in [4.69, 9.17) is 4.74 Å². The molecule has 0 spiro atoms. The molecule has 0 fully saturated rings. The van der Waals surface area contributed by atoms with Crippen molar-refractivity contribution in [2.24, 2.45) is 0 Å². The van der Waals surface area contributed by atoms with Gasteiger partial charge >= 0.3 is 0 Å². The van der Waals surface area contributed by atoms with Gasteiger partial charge in [0.1, 0.15) is 5.75 Å². The first kappa shape index (κ1) is 14.7. The van der Waals surface area contributed by atoms with E-state index in [2.05, 4.69) is 56.5 Å². The molecule has 3 nitrogen and oxygen atoms in total. The van der Waals surface area contributed by atoms with Crippen LogP contribution in [-0.2, 0) is 6.54 Å². The Kier molecular flexibility index (Phi) is 4.90. The van der Waals surface area contributed by atoms with Crippen molar-refractivity contribution < 1.29 is 4.74 Å². The Bertz CT molecular complexity index is 567. The van der Waals surface area contributed by atoms with Gasteiger partial charge in [-0.15, -0.1) is 0 Å². The minimum Gasteiger partial charge on any atom is -0.496 e. The van der Waals surface area contributed by atoms with Crippen molar-refractivity contribution in [1.29, 1.82) is 0 Å².